The number of thioether (sulfide) groups is 1. The van der Waals surface area contributed by atoms with Crippen molar-refractivity contribution in [3.05, 3.63) is 0 Å². The van der Waals surface area contributed by atoms with Crippen molar-refractivity contribution in [3.8, 4) is 0 Å². The molecule has 0 heterocycles. The molecule has 17 heavy (non-hydrogen) atoms. The molecule has 6 heteroatoms. The first kappa shape index (κ1) is 14.8. The van der Waals surface area contributed by atoms with Crippen molar-refractivity contribution in [1.82, 2.24) is 5.32 Å². The van der Waals surface area contributed by atoms with Gasteiger partial charge in [-0.25, -0.2) is 0 Å². The van der Waals surface area contributed by atoms with Crippen LogP contribution in [0, 0.1) is 0 Å². The monoisotopic (exact) mass is 262 g/mol. The van der Waals surface area contributed by atoms with Crippen LogP contribution in [0.4, 0.5) is 0 Å². The van der Waals surface area contributed by atoms with Crippen molar-refractivity contribution in [2.45, 2.75) is 43.9 Å². The summed E-state index contributed by atoms with van der Waals surface area (Å²) in [5.41, 5.74) is 4.76. The van der Waals surface area contributed by atoms with Crippen LogP contribution < -0.4 is 11.1 Å². The van der Waals surface area contributed by atoms with Crippen molar-refractivity contribution in [1.29, 1.82) is 0 Å². The minimum atomic E-state index is -0.684. The number of hydrogen-bond acceptors (Lipinski definition) is 5. The highest BCUT2D eigenvalue weighted by atomic mass is 32.2. The van der Waals surface area contributed by atoms with E-state index < -0.39 is 11.6 Å². The molecule has 0 saturated heterocycles. The van der Waals surface area contributed by atoms with Gasteiger partial charge in [-0.15, -0.1) is 0 Å². The van der Waals surface area contributed by atoms with Crippen LogP contribution in [-0.4, -0.2) is 51.9 Å². The number of nitrogens with one attached hydrogen (secondary N) is 1. The minimum Gasteiger partial charge on any atom is -0.394 e. The van der Waals surface area contributed by atoms with Gasteiger partial charge in [-0.1, -0.05) is 0 Å². The molecule has 0 aromatic heterocycles. The van der Waals surface area contributed by atoms with E-state index in [4.69, 9.17) is 10.8 Å². The second-order valence-electron chi connectivity index (χ2n) is 4.78. The van der Waals surface area contributed by atoms with Gasteiger partial charge in [0.1, 0.15) is 0 Å². The number of carbonyl (C=O) groups is 1. The van der Waals surface area contributed by atoms with Crippen molar-refractivity contribution >= 4 is 17.7 Å². The van der Waals surface area contributed by atoms with Crippen LogP contribution in [0.15, 0.2) is 0 Å². The van der Waals surface area contributed by atoms with Crippen LogP contribution in [0.25, 0.3) is 0 Å². The zero-order chi connectivity index (χ0) is 12.9. The fourth-order valence-corrected chi connectivity index (χ4v) is 2.59. The molecule has 1 rings (SSSR count). The van der Waals surface area contributed by atoms with E-state index in [1.165, 1.54) is 11.8 Å². The summed E-state index contributed by atoms with van der Waals surface area (Å²) in [7, 11) is 0. The Balaban J connectivity index is 2.26. The number of amides is 1. The molecule has 0 aliphatic heterocycles. The second kappa shape index (κ2) is 6.58. The summed E-state index contributed by atoms with van der Waals surface area (Å²) in [4.78, 5) is 11.4. The summed E-state index contributed by atoms with van der Waals surface area (Å²) >= 11 is 1.52. The average molecular weight is 262 g/mol. The maximum Gasteiger partial charge on any atom is 0.237 e. The van der Waals surface area contributed by atoms with Gasteiger partial charge >= 0.3 is 0 Å². The normalized spacial score (nSPS) is 20.9. The number of carbonyl (C=O) groups excluding carboxylic acids is 1. The summed E-state index contributed by atoms with van der Waals surface area (Å²) in [5, 5.41) is 21.1. The summed E-state index contributed by atoms with van der Waals surface area (Å²) < 4.78 is 0. The maximum atomic E-state index is 11.4. The summed E-state index contributed by atoms with van der Waals surface area (Å²) in [6, 6.07) is 0.431. The molecular formula is C11H22N2O3S. The molecule has 1 fully saturated rings. The predicted octanol–water partition coefficient (Wildman–Crippen LogP) is -0.541. The molecule has 0 bridgehead atoms. The molecule has 0 aromatic rings. The molecule has 5 nitrogen and oxygen atoms in total. The standard InChI is InChI=1S/C11H22N2O3S/c1-11(10(12)16,13-8-2-3-8)4-5-17-7-9(15)6-14/h8-9,13-15H,2-7H2,1H3,(H2,12,16). The smallest absolute Gasteiger partial charge is 0.237 e. The van der Waals surface area contributed by atoms with E-state index in [9.17, 15) is 9.90 Å². The maximum absolute atomic E-state index is 11.4. The topological polar surface area (TPSA) is 95.6 Å². The molecule has 1 aliphatic rings. The summed E-state index contributed by atoms with van der Waals surface area (Å²) in [6.07, 6.45) is 2.18. The van der Waals surface area contributed by atoms with Gasteiger partial charge in [0.05, 0.1) is 18.2 Å². The van der Waals surface area contributed by atoms with Gasteiger partial charge in [-0.3, -0.25) is 4.79 Å². The SMILES string of the molecule is CC(CCSCC(O)CO)(NC1CC1)C(N)=O. The van der Waals surface area contributed by atoms with Gasteiger partial charge in [0.2, 0.25) is 5.91 Å². The van der Waals surface area contributed by atoms with Crippen LogP contribution in [0.3, 0.4) is 0 Å². The third-order valence-corrected chi connectivity index (χ3v) is 4.02. The Bertz CT molecular complexity index is 261. The lowest BCUT2D eigenvalue weighted by Gasteiger charge is -2.27. The zero-order valence-corrected chi connectivity index (χ0v) is 11.0. The van der Waals surface area contributed by atoms with Gasteiger partial charge in [0.25, 0.3) is 0 Å². The molecule has 100 valence electrons. The predicted molar refractivity (Wildman–Crippen MR) is 68.8 cm³/mol. The first-order chi connectivity index (χ1) is 7.98. The van der Waals surface area contributed by atoms with E-state index in [1.54, 1.807) is 0 Å². The Morgan fingerprint density at radius 2 is 2.29 bits per heavy atom. The van der Waals surface area contributed by atoms with Crippen LogP contribution in [-0.2, 0) is 4.79 Å². The molecule has 1 saturated carbocycles. The molecule has 0 spiro atoms. The van der Waals surface area contributed by atoms with E-state index >= 15 is 0 Å². The zero-order valence-electron chi connectivity index (χ0n) is 10.2. The number of aliphatic hydroxyl groups is 2. The Morgan fingerprint density at radius 3 is 2.76 bits per heavy atom. The Kier molecular flexibility index (Phi) is 5.72. The van der Waals surface area contributed by atoms with E-state index in [1.807, 2.05) is 6.92 Å². The van der Waals surface area contributed by atoms with Crippen LogP contribution >= 0.6 is 11.8 Å². The lowest BCUT2D eigenvalue weighted by molar-refractivity contribution is -0.124. The molecule has 1 aliphatic carbocycles. The summed E-state index contributed by atoms with van der Waals surface area (Å²) in [5.74, 6) is 0.887. The number of aliphatic hydroxyl groups excluding tert-OH is 2. The Hall–Kier alpha value is -0.300. The second-order valence-corrected chi connectivity index (χ2v) is 5.93. The Labute approximate surface area is 106 Å². The fourth-order valence-electron chi connectivity index (χ4n) is 1.49. The van der Waals surface area contributed by atoms with Crippen molar-refractivity contribution in [2.75, 3.05) is 18.1 Å². The number of rotatable bonds is 9. The lowest BCUT2D eigenvalue weighted by atomic mass is 9.98. The van der Waals surface area contributed by atoms with E-state index in [2.05, 4.69) is 5.32 Å². The first-order valence-electron chi connectivity index (χ1n) is 5.92. The van der Waals surface area contributed by atoms with Crippen LogP contribution in [0.1, 0.15) is 26.2 Å². The minimum absolute atomic E-state index is 0.222. The largest absolute Gasteiger partial charge is 0.394 e. The third kappa shape index (κ3) is 5.25. The third-order valence-electron chi connectivity index (χ3n) is 2.91. The van der Waals surface area contributed by atoms with Crippen LogP contribution in [0.5, 0.6) is 0 Å². The first-order valence-corrected chi connectivity index (χ1v) is 7.07. The van der Waals surface area contributed by atoms with Gasteiger partial charge in [-0.2, -0.15) is 11.8 Å². The highest BCUT2D eigenvalue weighted by molar-refractivity contribution is 7.99. The van der Waals surface area contributed by atoms with Crippen molar-refractivity contribution < 1.29 is 15.0 Å². The highest BCUT2D eigenvalue weighted by Crippen LogP contribution is 2.25. The molecule has 0 aromatic carbocycles. The van der Waals surface area contributed by atoms with Gasteiger partial charge in [0, 0.05) is 11.8 Å². The Morgan fingerprint density at radius 1 is 1.65 bits per heavy atom. The molecule has 5 N–H and O–H groups in total. The molecule has 2 atom stereocenters. The summed E-state index contributed by atoms with van der Waals surface area (Å²) in [6.45, 7) is 1.61. The van der Waals surface area contributed by atoms with Crippen molar-refractivity contribution in [2.24, 2.45) is 5.73 Å². The number of nitrogens with two attached hydrogens (primary N) is 1. The molecule has 2 unspecified atom stereocenters. The highest BCUT2D eigenvalue weighted by Gasteiger charge is 2.36. The van der Waals surface area contributed by atoms with Gasteiger partial charge < -0.3 is 21.3 Å². The fraction of sp³-hybridized carbons (Fsp3) is 0.909. The van der Waals surface area contributed by atoms with Gasteiger partial charge in [0.15, 0.2) is 0 Å². The van der Waals surface area contributed by atoms with E-state index in [0.717, 1.165) is 18.6 Å². The van der Waals surface area contributed by atoms with Crippen LogP contribution in [0.2, 0.25) is 0 Å². The molecule has 0 radical (unpaired) electrons. The molecule has 1 amide bonds. The van der Waals surface area contributed by atoms with E-state index in [0.29, 0.717) is 18.2 Å². The lowest BCUT2D eigenvalue weighted by Crippen LogP contribution is -2.54. The van der Waals surface area contributed by atoms with Crippen molar-refractivity contribution in [3.63, 3.8) is 0 Å². The average Bonchev–Trinajstić information content (AvgIpc) is 3.07. The van der Waals surface area contributed by atoms with Gasteiger partial charge in [-0.05, 0) is 31.9 Å². The quantitative estimate of drug-likeness (QED) is 0.419. The molecular weight excluding hydrogens is 240 g/mol. The van der Waals surface area contributed by atoms with E-state index in [-0.39, 0.29) is 12.5 Å². The number of primary amides is 1. The number of hydrogen-bond donors (Lipinski definition) is 4.